The molecule has 0 heterocycles. The Morgan fingerprint density at radius 2 is 1.08 bits per heavy atom. The summed E-state index contributed by atoms with van der Waals surface area (Å²) >= 11 is 5.55. The van der Waals surface area contributed by atoms with Gasteiger partial charge in [-0.3, -0.25) is 0 Å². The molecule has 0 aliphatic carbocycles. The van der Waals surface area contributed by atoms with Crippen LogP contribution in [-0.4, -0.2) is 12.5 Å². The molecule has 1 radical (unpaired) electrons. The molecule has 0 spiro atoms. The van der Waals surface area contributed by atoms with Gasteiger partial charge in [0.1, 0.15) is 0 Å². The van der Waals surface area contributed by atoms with Gasteiger partial charge in [-0.05, 0) is 12.8 Å². The van der Waals surface area contributed by atoms with Crippen molar-refractivity contribution in [2.24, 2.45) is 0 Å². The Bertz CT molecular complexity index is 66.2. The molecular formula is C10H20ClO. The van der Waals surface area contributed by atoms with E-state index in [9.17, 15) is 5.11 Å². The van der Waals surface area contributed by atoms with E-state index in [0.717, 1.165) is 25.1 Å². The van der Waals surface area contributed by atoms with Crippen LogP contribution in [0.15, 0.2) is 0 Å². The first kappa shape index (κ1) is 12.2. The van der Waals surface area contributed by atoms with Crippen molar-refractivity contribution in [2.45, 2.75) is 51.4 Å². The molecule has 0 N–H and O–H groups in total. The average molecular weight is 192 g/mol. The van der Waals surface area contributed by atoms with Crippen molar-refractivity contribution in [1.82, 2.24) is 0 Å². The van der Waals surface area contributed by atoms with Gasteiger partial charge in [-0.15, -0.1) is 11.6 Å². The van der Waals surface area contributed by atoms with Crippen molar-refractivity contribution in [3.05, 3.63) is 0 Å². The topological polar surface area (TPSA) is 19.9 Å². The van der Waals surface area contributed by atoms with Gasteiger partial charge in [0.15, 0.2) is 0 Å². The zero-order chi connectivity index (χ0) is 9.07. The number of halogens is 1. The fourth-order valence-electron chi connectivity index (χ4n) is 1.26. The van der Waals surface area contributed by atoms with Crippen LogP contribution in [0.2, 0.25) is 0 Å². The van der Waals surface area contributed by atoms with Crippen molar-refractivity contribution in [3.8, 4) is 0 Å². The normalized spacial score (nSPS) is 10.5. The van der Waals surface area contributed by atoms with Crippen molar-refractivity contribution < 1.29 is 5.11 Å². The molecule has 0 saturated heterocycles. The smallest absolute Gasteiger partial charge is 0.0822 e. The Hall–Kier alpha value is 0.250. The van der Waals surface area contributed by atoms with Crippen LogP contribution >= 0.6 is 11.6 Å². The van der Waals surface area contributed by atoms with E-state index < -0.39 is 0 Å². The minimum Gasteiger partial charge on any atom is -0.237 e. The van der Waals surface area contributed by atoms with E-state index in [0.29, 0.717) is 0 Å². The highest BCUT2D eigenvalue weighted by molar-refractivity contribution is 6.17. The highest BCUT2D eigenvalue weighted by Crippen LogP contribution is 2.08. The summed E-state index contributed by atoms with van der Waals surface area (Å²) in [7, 11) is 0. The molecule has 0 rings (SSSR count). The molecule has 0 aromatic rings. The molecule has 0 aromatic carbocycles. The third-order valence-corrected chi connectivity index (χ3v) is 2.30. The Morgan fingerprint density at radius 3 is 1.50 bits per heavy atom. The monoisotopic (exact) mass is 191 g/mol. The molecule has 0 bridgehead atoms. The second-order valence-corrected chi connectivity index (χ2v) is 3.60. The van der Waals surface area contributed by atoms with E-state index in [2.05, 4.69) is 0 Å². The Labute approximate surface area is 81.1 Å². The van der Waals surface area contributed by atoms with Crippen LogP contribution in [-0.2, 0) is 5.11 Å². The maximum absolute atomic E-state index is 10.1. The first-order valence-corrected chi connectivity index (χ1v) is 5.59. The van der Waals surface area contributed by atoms with E-state index in [4.69, 9.17) is 11.6 Å². The molecule has 0 fully saturated rings. The summed E-state index contributed by atoms with van der Waals surface area (Å²) in [5, 5.41) is 10.1. The van der Waals surface area contributed by atoms with E-state index in [1.807, 2.05) is 0 Å². The quantitative estimate of drug-likeness (QED) is 0.391. The summed E-state index contributed by atoms with van der Waals surface area (Å²) in [4.78, 5) is 0. The largest absolute Gasteiger partial charge is 0.237 e. The van der Waals surface area contributed by atoms with Crippen molar-refractivity contribution in [1.29, 1.82) is 0 Å². The van der Waals surface area contributed by atoms with Crippen LogP contribution < -0.4 is 0 Å². The van der Waals surface area contributed by atoms with E-state index >= 15 is 0 Å². The zero-order valence-corrected chi connectivity index (χ0v) is 8.61. The zero-order valence-electron chi connectivity index (χ0n) is 7.86. The first-order valence-electron chi connectivity index (χ1n) is 5.06. The number of alkyl halides is 1. The fraction of sp³-hybridized carbons (Fsp3) is 1.00. The molecule has 73 valence electrons. The number of hydrogen-bond donors (Lipinski definition) is 0. The Kier molecular flexibility index (Phi) is 11.5. The summed E-state index contributed by atoms with van der Waals surface area (Å²) in [5.74, 6) is 0.802. The molecule has 0 atom stereocenters. The molecule has 12 heavy (non-hydrogen) atoms. The lowest BCUT2D eigenvalue weighted by Gasteiger charge is -1.99. The maximum atomic E-state index is 10.1. The Balaban J connectivity index is 2.73. The molecule has 0 aromatic heterocycles. The fourth-order valence-corrected chi connectivity index (χ4v) is 1.45. The summed E-state index contributed by atoms with van der Waals surface area (Å²) in [6.45, 7) is 0.103. The maximum Gasteiger partial charge on any atom is 0.0822 e. The predicted octanol–water partition coefficient (Wildman–Crippen LogP) is 3.78. The summed E-state index contributed by atoms with van der Waals surface area (Å²) in [6, 6.07) is 0. The SMILES string of the molecule is [O]CCCCCCCCCCCl. The van der Waals surface area contributed by atoms with Crippen LogP contribution in [0.4, 0.5) is 0 Å². The van der Waals surface area contributed by atoms with Gasteiger partial charge in [0.05, 0.1) is 6.61 Å². The lowest BCUT2D eigenvalue weighted by Crippen LogP contribution is -1.83. The van der Waals surface area contributed by atoms with E-state index in [1.165, 1.54) is 32.1 Å². The molecule has 0 aliphatic heterocycles. The molecule has 0 aliphatic rings. The first-order chi connectivity index (χ1) is 5.91. The minimum absolute atomic E-state index is 0.103. The highest BCUT2D eigenvalue weighted by Gasteiger charge is 1.90. The van der Waals surface area contributed by atoms with Gasteiger partial charge in [0.2, 0.25) is 0 Å². The second kappa shape index (κ2) is 11.2. The molecule has 0 amide bonds. The van der Waals surface area contributed by atoms with Crippen LogP contribution in [0.25, 0.3) is 0 Å². The van der Waals surface area contributed by atoms with Gasteiger partial charge in [0.25, 0.3) is 0 Å². The summed E-state index contributed by atoms with van der Waals surface area (Å²) < 4.78 is 0. The molecular weight excluding hydrogens is 172 g/mol. The summed E-state index contributed by atoms with van der Waals surface area (Å²) in [6.07, 6.45) is 9.57. The minimum atomic E-state index is 0.103. The molecule has 1 nitrogen and oxygen atoms in total. The van der Waals surface area contributed by atoms with Gasteiger partial charge < -0.3 is 0 Å². The Morgan fingerprint density at radius 1 is 0.667 bits per heavy atom. The lowest BCUT2D eigenvalue weighted by molar-refractivity contribution is 0.186. The van der Waals surface area contributed by atoms with E-state index in [-0.39, 0.29) is 6.61 Å². The summed E-state index contributed by atoms with van der Waals surface area (Å²) in [5.41, 5.74) is 0. The van der Waals surface area contributed by atoms with Crippen LogP contribution in [0.5, 0.6) is 0 Å². The number of hydrogen-bond acceptors (Lipinski definition) is 0. The van der Waals surface area contributed by atoms with Gasteiger partial charge in [-0.25, -0.2) is 5.11 Å². The van der Waals surface area contributed by atoms with Crippen LogP contribution in [0.1, 0.15) is 51.4 Å². The van der Waals surface area contributed by atoms with Gasteiger partial charge in [-0.1, -0.05) is 38.5 Å². The van der Waals surface area contributed by atoms with Crippen molar-refractivity contribution >= 4 is 11.6 Å². The third-order valence-electron chi connectivity index (χ3n) is 2.03. The van der Waals surface area contributed by atoms with E-state index in [1.54, 1.807) is 0 Å². The molecule has 2 heteroatoms. The van der Waals surface area contributed by atoms with Crippen molar-refractivity contribution in [2.75, 3.05) is 12.5 Å². The highest BCUT2D eigenvalue weighted by atomic mass is 35.5. The molecule has 0 unspecified atom stereocenters. The number of rotatable bonds is 9. The van der Waals surface area contributed by atoms with Crippen LogP contribution in [0, 0.1) is 0 Å². The predicted molar refractivity (Wildman–Crippen MR) is 53.2 cm³/mol. The third kappa shape index (κ3) is 10.2. The van der Waals surface area contributed by atoms with Crippen molar-refractivity contribution in [3.63, 3.8) is 0 Å². The van der Waals surface area contributed by atoms with Gasteiger partial charge in [-0.2, -0.15) is 0 Å². The van der Waals surface area contributed by atoms with Gasteiger partial charge in [0, 0.05) is 5.88 Å². The second-order valence-electron chi connectivity index (χ2n) is 3.22. The number of unbranched alkanes of at least 4 members (excludes halogenated alkanes) is 7. The lowest BCUT2D eigenvalue weighted by atomic mass is 10.1. The molecule has 0 saturated carbocycles. The van der Waals surface area contributed by atoms with Gasteiger partial charge >= 0.3 is 0 Å². The average Bonchev–Trinajstić information content (AvgIpc) is 2.10. The standard InChI is InChI=1S/C10H20ClO/c11-9-7-5-3-1-2-4-6-8-10-12/h1-10H2. The van der Waals surface area contributed by atoms with Crippen LogP contribution in [0.3, 0.4) is 0 Å².